The number of ether oxygens (including phenoxy) is 1. The number of aliphatic imine (C=N–C) groups is 1. The van der Waals surface area contributed by atoms with Crippen molar-refractivity contribution in [2.45, 2.75) is 20.5 Å². The SMILES string of the molecule is CC(C)C1=N/C(=C/c2[nH]c(-c3cc4ccccc4[nH]3)cc2OCc2ccccc2)C=C1. The van der Waals surface area contributed by atoms with E-state index in [2.05, 4.69) is 84.5 Å². The number of aromatic nitrogens is 2. The van der Waals surface area contributed by atoms with Crippen LogP contribution in [-0.2, 0) is 6.61 Å². The average Bonchev–Trinajstić information content (AvgIpc) is 3.51. The number of H-pyrrole nitrogens is 2. The highest BCUT2D eigenvalue weighted by atomic mass is 16.5. The van der Waals surface area contributed by atoms with Crippen LogP contribution in [0.15, 0.2) is 89.6 Å². The minimum atomic E-state index is 0.404. The molecule has 2 N–H and O–H groups in total. The fourth-order valence-corrected chi connectivity index (χ4v) is 3.72. The molecule has 0 aliphatic carbocycles. The topological polar surface area (TPSA) is 53.2 Å². The van der Waals surface area contributed by atoms with Crippen molar-refractivity contribution in [2.24, 2.45) is 10.9 Å². The van der Waals surface area contributed by atoms with Gasteiger partial charge in [-0.05, 0) is 41.8 Å². The summed E-state index contributed by atoms with van der Waals surface area (Å²) < 4.78 is 6.22. The first-order valence-corrected chi connectivity index (χ1v) is 10.6. The van der Waals surface area contributed by atoms with E-state index in [9.17, 15) is 0 Å². The minimum absolute atomic E-state index is 0.404. The molecule has 0 fully saturated rings. The lowest BCUT2D eigenvalue weighted by Gasteiger charge is -2.05. The highest BCUT2D eigenvalue weighted by Gasteiger charge is 2.14. The molecule has 2 aromatic heterocycles. The third-order valence-corrected chi connectivity index (χ3v) is 5.43. The van der Waals surface area contributed by atoms with E-state index in [-0.39, 0.29) is 0 Å². The molecule has 5 rings (SSSR count). The van der Waals surface area contributed by atoms with Crippen LogP contribution in [0.5, 0.6) is 5.75 Å². The van der Waals surface area contributed by atoms with Gasteiger partial charge in [-0.3, -0.25) is 4.99 Å². The second-order valence-electron chi connectivity index (χ2n) is 8.10. The molecule has 3 heterocycles. The van der Waals surface area contributed by atoms with Crippen molar-refractivity contribution < 1.29 is 4.74 Å². The van der Waals surface area contributed by atoms with E-state index in [4.69, 9.17) is 9.73 Å². The lowest BCUT2D eigenvalue weighted by atomic mass is 10.1. The van der Waals surface area contributed by atoms with E-state index in [1.807, 2.05) is 24.3 Å². The normalized spacial score (nSPS) is 14.7. The van der Waals surface area contributed by atoms with Crippen LogP contribution in [0.3, 0.4) is 0 Å². The van der Waals surface area contributed by atoms with Gasteiger partial charge >= 0.3 is 0 Å². The predicted octanol–water partition coefficient (Wildman–Crippen LogP) is 6.75. The molecule has 4 aromatic rings. The number of benzene rings is 2. The summed E-state index contributed by atoms with van der Waals surface area (Å²) in [7, 11) is 0. The lowest BCUT2D eigenvalue weighted by molar-refractivity contribution is 0.306. The third kappa shape index (κ3) is 4.10. The first-order valence-electron chi connectivity index (χ1n) is 10.6. The maximum atomic E-state index is 6.22. The van der Waals surface area contributed by atoms with Gasteiger partial charge in [-0.15, -0.1) is 0 Å². The van der Waals surface area contributed by atoms with Crippen LogP contribution in [0.2, 0.25) is 0 Å². The average molecular weight is 408 g/mol. The van der Waals surface area contributed by atoms with Crippen molar-refractivity contribution in [3.8, 4) is 17.1 Å². The molecule has 0 bridgehead atoms. The number of fused-ring (bicyclic) bond motifs is 1. The monoisotopic (exact) mass is 407 g/mol. The summed E-state index contributed by atoms with van der Waals surface area (Å²) in [5.74, 6) is 1.22. The Morgan fingerprint density at radius 3 is 2.45 bits per heavy atom. The molecule has 0 spiro atoms. The zero-order valence-corrected chi connectivity index (χ0v) is 17.7. The van der Waals surface area contributed by atoms with Crippen molar-refractivity contribution in [2.75, 3.05) is 0 Å². The number of nitrogens with one attached hydrogen (secondary N) is 2. The van der Waals surface area contributed by atoms with Gasteiger partial charge in [-0.2, -0.15) is 0 Å². The lowest BCUT2D eigenvalue weighted by Crippen LogP contribution is -2.00. The molecule has 154 valence electrons. The number of hydrogen-bond acceptors (Lipinski definition) is 2. The Kier molecular flexibility index (Phi) is 5.04. The third-order valence-electron chi connectivity index (χ3n) is 5.43. The second kappa shape index (κ2) is 8.15. The van der Waals surface area contributed by atoms with E-state index in [1.54, 1.807) is 0 Å². The molecule has 0 saturated heterocycles. The second-order valence-corrected chi connectivity index (χ2v) is 8.10. The number of nitrogens with zero attached hydrogens (tertiary/aromatic N) is 1. The Labute approximate surface area is 182 Å². The minimum Gasteiger partial charge on any atom is -0.487 e. The summed E-state index contributed by atoms with van der Waals surface area (Å²) in [5, 5.41) is 1.18. The smallest absolute Gasteiger partial charge is 0.145 e. The summed E-state index contributed by atoms with van der Waals surface area (Å²) in [6.07, 6.45) is 6.20. The van der Waals surface area contributed by atoms with E-state index in [0.29, 0.717) is 12.5 Å². The van der Waals surface area contributed by atoms with Gasteiger partial charge in [0.05, 0.1) is 22.8 Å². The Morgan fingerprint density at radius 2 is 1.68 bits per heavy atom. The highest BCUT2D eigenvalue weighted by molar-refractivity contribution is 6.00. The van der Waals surface area contributed by atoms with Crippen molar-refractivity contribution in [3.05, 3.63) is 95.8 Å². The first kappa shape index (κ1) is 19.2. The molecule has 31 heavy (non-hydrogen) atoms. The number of para-hydroxylation sites is 1. The molecule has 2 aromatic carbocycles. The molecule has 4 heteroatoms. The van der Waals surface area contributed by atoms with Gasteiger partial charge in [0, 0.05) is 22.7 Å². The molecule has 1 aliphatic rings. The maximum Gasteiger partial charge on any atom is 0.145 e. The van der Waals surface area contributed by atoms with E-state index < -0.39 is 0 Å². The standard InChI is InChI=1S/C27H25N3O/c1-18(2)22-13-12-21(28-22)15-26-27(31-17-19-8-4-3-5-9-19)16-25(30-26)24-14-20-10-6-7-11-23(20)29-24/h3-16,18,29-30H,17H2,1-2H3/b21-15+. The number of aromatic amines is 2. The molecule has 1 aliphatic heterocycles. The van der Waals surface area contributed by atoms with Crippen LogP contribution >= 0.6 is 0 Å². The van der Waals surface area contributed by atoms with Gasteiger partial charge in [-0.1, -0.05) is 62.4 Å². The number of rotatable bonds is 6. The molecule has 0 amide bonds. The molecular weight excluding hydrogens is 382 g/mol. The van der Waals surface area contributed by atoms with Crippen LogP contribution < -0.4 is 4.74 Å². The summed E-state index contributed by atoms with van der Waals surface area (Å²) in [6.45, 7) is 4.82. The van der Waals surface area contributed by atoms with Gasteiger partial charge < -0.3 is 14.7 Å². The zero-order valence-electron chi connectivity index (χ0n) is 17.7. The number of hydrogen-bond donors (Lipinski definition) is 2. The predicted molar refractivity (Wildman–Crippen MR) is 128 cm³/mol. The summed E-state index contributed by atoms with van der Waals surface area (Å²) >= 11 is 0. The first-order chi connectivity index (χ1) is 15.2. The Bertz CT molecular complexity index is 1270. The van der Waals surface area contributed by atoms with E-state index >= 15 is 0 Å². The summed E-state index contributed by atoms with van der Waals surface area (Å²) in [6, 6.07) is 22.7. The molecular formula is C27H25N3O. The van der Waals surface area contributed by atoms with Crippen LogP contribution in [0, 0.1) is 5.92 Å². The van der Waals surface area contributed by atoms with Crippen LogP contribution in [-0.4, -0.2) is 15.7 Å². The maximum absolute atomic E-state index is 6.22. The van der Waals surface area contributed by atoms with Gasteiger partial charge in [-0.25, -0.2) is 0 Å². The number of allylic oxidation sites excluding steroid dienone is 2. The molecule has 0 atom stereocenters. The molecule has 0 unspecified atom stereocenters. The van der Waals surface area contributed by atoms with Crippen molar-refractivity contribution in [1.29, 1.82) is 0 Å². The quantitative estimate of drug-likeness (QED) is 0.365. The Hall–Kier alpha value is -3.79. The van der Waals surface area contributed by atoms with Gasteiger partial charge in [0.15, 0.2) is 0 Å². The summed E-state index contributed by atoms with van der Waals surface area (Å²) in [4.78, 5) is 11.8. The fraction of sp³-hybridized carbons (Fsp3) is 0.148. The molecule has 0 saturated carbocycles. The van der Waals surface area contributed by atoms with Crippen molar-refractivity contribution >= 4 is 22.7 Å². The van der Waals surface area contributed by atoms with Crippen molar-refractivity contribution in [1.82, 2.24) is 9.97 Å². The fourth-order valence-electron chi connectivity index (χ4n) is 3.72. The van der Waals surface area contributed by atoms with E-state index in [0.717, 1.165) is 45.3 Å². The van der Waals surface area contributed by atoms with Gasteiger partial charge in [0.1, 0.15) is 12.4 Å². The summed E-state index contributed by atoms with van der Waals surface area (Å²) in [5.41, 5.74) is 7.21. The Morgan fingerprint density at radius 1 is 0.903 bits per heavy atom. The highest BCUT2D eigenvalue weighted by Crippen LogP contribution is 2.32. The molecule has 0 radical (unpaired) electrons. The van der Waals surface area contributed by atoms with Crippen LogP contribution in [0.25, 0.3) is 28.4 Å². The largest absolute Gasteiger partial charge is 0.487 e. The van der Waals surface area contributed by atoms with Crippen LogP contribution in [0.4, 0.5) is 0 Å². The zero-order chi connectivity index (χ0) is 21.2. The van der Waals surface area contributed by atoms with E-state index in [1.165, 1.54) is 5.39 Å². The van der Waals surface area contributed by atoms with Gasteiger partial charge in [0.25, 0.3) is 0 Å². The van der Waals surface area contributed by atoms with Gasteiger partial charge in [0.2, 0.25) is 0 Å². The van der Waals surface area contributed by atoms with Crippen LogP contribution in [0.1, 0.15) is 25.1 Å². The van der Waals surface area contributed by atoms with Crippen molar-refractivity contribution in [3.63, 3.8) is 0 Å². The Balaban J connectivity index is 1.50. The molecule has 4 nitrogen and oxygen atoms in total.